The normalized spacial score (nSPS) is 17.4. The van der Waals surface area contributed by atoms with E-state index in [4.69, 9.17) is 51.5 Å². The summed E-state index contributed by atoms with van der Waals surface area (Å²) in [6, 6.07) is 15.4. The van der Waals surface area contributed by atoms with E-state index < -0.39 is 65.1 Å². The molecule has 0 spiro atoms. The molecular formula is C61H74ClF2N13O10S. The number of aromatic nitrogens is 7. The molecule has 0 bridgehead atoms. The van der Waals surface area contributed by atoms with Crippen LogP contribution in [0.4, 0.5) is 20.3 Å². The number of aliphatic hydroxyl groups is 1. The number of nitrogens with one attached hydrogen (secondary N) is 2. The van der Waals surface area contributed by atoms with Crippen molar-refractivity contribution in [2.24, 2.45) is 11.1 Å². The largest absolute Gasteiger partial charge is 0.461 e. The first-order valence-electron chi connectivity index (χ1n) is 29.0. The number of thiazole rings is 1. The molecule has 7 aromatic rings. The summed E-state index contributed by atoms with van der Waals surface area (Å²) < 4.78 is 66.1. The van der Waals surface area contributed by atoms with Crippen molar-refractivity contribution < 1.29 is 56.7 Å². The summed E-state index contributed by atoms with van der Waals surface area (Å²) in [6.07, 6.45) is 5.26. The van der Waals surface area contributed by atoms with Gasteiger partial charge in [0.05, 0.1) is 123 Å². The number of carbonyl (C=O) groups is 3. The second kappa shape index (κ2) is 30.2. The van der Waals surface area contributed by atoms with Crippen molar-refractivity contribution >= 4 is 63.3 Å². The number of fused-ring (bicyclic) bond motifs is 1. The van der Waals surface area contributed by atoms with Gasteiger partial charge in [0.1, 0.15) is 29.1 Å². The fraction of sp³-hybridized carbons (Fsp3) is 0.459. The van der Waals surface area contributed by atoms with Crippen LogP contribution in [-0.2, 0) is 56.7 Å². The summed E-state index contributed by atoms with van der Waals surface area (Å²) in [5.41, 5.74) is 19.9. The van der Waals surface area contributed by atoms with E-state index in [0.717, 1.165) is 51.5 Å². The quantitative estimate of drug-likeness (QED) is 0.0194. The predicted octanol–water partition coefficient (Wildman–Crippen LogP) is 6.35. The van der Waals surface area contributed by atoms with Gasteiger partial charge in [-0.15, -0.1) is 11.3 Å². The van der Waals surface area contributed by atoms with Crippen LogP contribution in [0.2, 0.25) is 5.15 Å². The van der Waals surface area contributed by atoms with Crippen molar-refractivity contribution in [1.82, 2.24) is 50.0 Å². The molecule has 2 saturated heterocycles. The Bertz CT molecular complexity index is 3480. The molecule has 23 nitrogen and oxygen atoms in total. The van der Waals surface area contributed by atoms with Crippen molar-refractivity contribution in [3.05, 3.63) is 124 Å². The van der Waals surface area contributed by atoms with E-state index in [2.05, 4.69) is 45.4 Å². The number of hydrogen-bond donors (Lipinski definition) is 5. The zero-order valence-corrected chi connectivity index (χ0v) is 51.2. The zero-order chi connectivity index (χ0) is 62.4. The third kappa shape index (κ3) is 16.8. The maximum atomic E-state index is 15.6. The van der Waals surface area contributed by atoms with Crippen molar-refractivity contribution in [3.63, 3.8) is 0 Å². The Kier molecular flexibility index (Phi) is 22.3. The number of hydrogen-bond acceptors (Lipinski definition) is 20. The molecular weight excluding hydrogens is 1180 g/mol. The summed E-state index contributed by atoms with van der Waals surface area (Å²) in [5.74, 6) is -3.49. The molecule has 2 aliphatic heterocycles. The highest BCUT2D eigenvalue weighted by molar-refractivity contribution is 7.13. The molecule has 4 atom stereocenters. The van der Waals surface area contributed by atoms with E-state index in [1.807, 2.05) is 68.7 Å². The first-order chi connectivity index (χ1) is 42.3. The number of piperidine rings is 1. The van der Waals surface area contributed by atoms with Crippen molar-refractivity contribution in [2.45, 2.75) is 90.2 Å². The summed E-state index contributed by atoms with van der Waals surface area (Å²) in [4.78, 5) is 71.5. The Balaban J connectivity index is 0.638. The highest BCUT2D eigenvalue weighted by atomic mass is 35.5. The van der Waals surface area contributed by atoms with E-state index in [0.29, 0.717) is 53.8 Å². The summed E-state index contributed by atoms with van der Waals surface area (Å²) >= 11 is 7.83. The number of amides is 3. The molecule has 2 fully saturated rings. The Labute approximate surface area is 517 Å². The van der Waals surface area contributed by atoms with Crippen LogP contribution in [-0.4, -0.2) is 166 Å². The number of nitrogen functional groups attached to an aromatic ring is 1. The van der Waals surface area contributed by atoms with Gasteiger partial charge < -0.3 is 70.0 Å². The third-order valence-electron chi connectivity index (χ3n) is 15.1. The SMILES string of the molecule is Cc1ncsc1-c1ccc(CNC(=O)[C@@H]2C[C@@H](O)CN2C(=O)[C@@H](NC(=O)CCOCCOCCOCCOCCOCOc2c(F)cc(-c3cc(Cn4cnc5c(N)ncnc54)c(N4CCC[C@](N)(c5cccc(Cl)n5)C4)cn3)cc2F)C(C)(C)C)cc1. The Morgan fingerprint density at radius 3 is 2.25 bits per heavy atom. The molecule has 3 amide bonds. The van der Waals surface area contributed by atoms with Crippen LogP contribution in [0.3, 0.4) is 0 Å². The van der Waals surface area contributed by atoms with Crippen molar-refractivity contribution in [2.75, 3.05) is 96.5 Å². The third-order valence-corrected chi connectivity index (χ3v) is 16.3. The number of likely N-dealkylation sites (tertiary alicyclic amines) is 1. The molecule has 0 saturated carbocycles. The van der Waals surface area contributed by atoms with Crippen LogP contribution in [0.5, 0.6) is 5.75 Å². The molecule has 0 radical (unpaired) electrons. The van der Waals surface area contributed by atoms with Gasteiger partial charge in [-0.05, 0) is 72.2 Å². The smallest absolute Gasteiger partial charge is 0.246 e. The van der Waals surface area contributed by atoms with Crippen molar-refractivity contribution in [3.8, 4) is 27.4 Å². The molecule has 0 aliphatic carbocycles. The minimum absolute atomic E-state index is 0.0123. The number of nitrogens with two attached hydrogens (primary N) is 2. The molecule has 27 heteroatoms. The van der Waals surface area contributed by atoms with E-state index in [1.165, 1.54) is 11.2 Å². The number of β-amino-alcohol motifs (C(OH)–C–C–N with tert-alkyl or cyclic N) is 1. The molecule has 2 aliphatic rings. The van der Waals surface area contributed by atoms with Gasteiger partial charge in [0, 0.05) is 44.6 Å². The molecule has 7 heterocycles. The number of ether oxygens (including phenoxy) is 6. The number of carbonyl (C=O) groups excluding carboxylic acids is 3. The number of benzene rings is 2. The summed E-state index contributed by atoms with van der Waals surface area (Å²) in [6.45, 7) is 10.5. The van der Waals surface area contributed by atoms with Crippen LogP contribution in [0.1, 0.15) is 69.0 Å². The fourth-order valence-corrected chi connectivity index (χ4v) is 11.5. The van der Waals surface area contributed by atoms with E-state index in [-0.39, 0.29) is 103 Å². The summed E-state index contributed by atoms with van der Waals surface area (Å²) in [7, 11) is 0. The number of rotatable bonds is 29. The monoisotopic (exact) mass is 1250 g/mol. The standard InChI is InChI=1S/C61H74ClF2N13O10S/c1-38-54(88-36-72-38)40-11-9-39(10-12-40)29-68-58(80)47-28-43(78)32-77(47)59(81)55(60(2,3)4)74-51(79)13-16-82-17-18-83-19-20-84-21-22-85-23-24-86-37-87-53-44(63)25-41(26-45(53)64)46-27-42(31-76-35-71-52-56(65)69-34-70-57(52)76)48(30-67-46)75-15-6-14-61(66,33-75)49-7-5-8-50(62)73-49/h5,7-12,25-27,30,34-36,43,47,55,78H,6,13-24,28-29,31-33,37,66H2,1-4H3,(H,68,80)(H,74,79)(H2,65,69,70)/t43-,47+,55-,61-/m1/s1. The molecule has 2 aromatic carbocycles. The number of anilines is 2. The van der Waals surface area contributed by atoms with Crippen LogP contribution in [0.15, 0.2) is 85.0 Å². The van der Waals surface area contributed by atoms with Crippen LogP contribution >= 0.6 is 22.9 Å². The van der Waals surface area contributed by atoms with Gasteiger partial charge in [-0.3, -0.25) is 19.4 Å². The molecule has 9 rings (SSSR count). The van der Waals surface area contributed by atoms with Gasteiger partial charge in [-0.25, -0.2) is 33.7 Å². The molecule has 5 aromatic heterocycles. The molecule has 88 heavy (non-hydrogen) atoms. The first kappa shape index (κ1) is 65.1. The lowest BCUT2D eigenvalue weighted by atomic mass is 9.85. The number of pyridine rings is 2. The molecule has 0 unspecified atom stereocenters. The lowest BCUT2D eigenvalue weighted by Gasteiger charge is -2.41. The minimum atomic E-state index is -0.962. The molecule has 470 valence electrons. The predicted molar refractivity (Wildman–Crippen MR) is 326 cm³/mol. The number of halogens is 3. The average molecular weight is 1250 g/mol. The highest BCUT2D eigenvalue weighted by Crippen LogP contribution is 2.37. The van der Waals surface area contributed by atoms with Gasteiger partial charge in [0.2, 0.25) is 17.7 Å². The lowest BCUT2D eigenvalue weighted by molar-refractivity contribution is -0.144. The van der Waals surface area contributed by atoms with E-state index in [9.17, 15) is 19.5 Å². The highest BCUT2D eigenvalue weighted by Gasteiger charge is 2.44. The van der Waals surface area contributed by atoms with E-state index >= 15 is 8.78 Å². The lowest BCUT2D eigenvalue weighted by Crippen LogP contribution is -2.57. The Morgan fingerprint density at radius 2 is 1.58 bits per heavy atom. The maximum absolute atomic E-state index is 15.6. The van der Waals surface area contributed by atoms with Gasteiger partial charge >= 0.3 is 0 Å². The summed E-state index contributed by atoms with van der Waals surface area (Å²) in [5, 5.41) is 16.7. The number of nitrogens with zero attached hydrogens (tertiary/aromatic N) is 9. The number of imidazole rings is 1. The zero-order valence-electron chi connectivity index (χ0n) is 49.6. The Morgan fingerprint density at radius 1 is 0.886 bits per heavy atom. The van der Waals surface area contributed by atoms with Crippen LogP contribution in [0.25, 0.3) is 32.9 Å². The molecule has 7 N–H and O–H groups in total. The van der Waals surface area contributed by atoms with Crippen molar-refractivity contribution in [1.29, 1.82) is 0 Å². The van der Waals surface area contributed by atoms with Gasteiger partial charge in [-0.2, -0.15) is 0 Å². The first-order valence-corrected chi connectivity index (χ1v) is 30.2. The number of aliphatic hydroxyl groups excluding tert-OH is 1. The maximum Gasteiger partial charge on any atom is 0.246 e. The minimum Gasteiger partial charge on any atom is -0.461 e. The number of aryl methyl sites for hydroxylation is 1. The topological polar surface area (TPSA) is 292 Å². The van der Waals surface area contributed by atoms with Crippen LogP contribution < -0.4 is 31.7 Å². The van der Waals surface area contributed by atoms with E-state index in [1.54, 1.807) is 41.5 Å². The van der Waals surface area contributed by atoms with Gasteiger partial charge in [-0.1, -0.05) is 62.7 Å². The second-order valence-electron chi connectivity index (χ2n) is 22.6. The second-order valence-corrected chi connectivity index (χ2v) is 23.9. The van der Waals surface area contributed by atoms with Crippen LogP contribution in [0, 0.1) is 24.0 Å². The fourth-order valence-electron chi connectivity index (χ4n) is 10.5. The van der Waals surface area contributed by atoms with Gasteiger partial charge in [0.15, 0.2) is 35.6 Å². The average Bonchev–Trinajstić information content (AvgIpc) is 3.03. The Hall–Kier alpha value is -7.40. The van der Waals surface area contributed by atoms with Gasteiger partial charge in [0.25, 0.3) is 0 Å².